The summed E-state index contributed by atoms with van der Waals surface area (Å²) in [5.41, 5.74) is 2.37. The van der Waals surface area contributed by atoms with Gasteiger partial charge in [-0.2, -0.15) is 11.3 Å². The van der Waals surface area contributed by atoms with E-state index in [2.05, 4.69) is 39.0 Å². The van der Waals surface area contributed by atoms with Gasteiger partial charge in [-0.1, -0.05) is 12.1 Å². The lowest BCUT2D eigenvalue weighted by Gasteiger charge is -2.21. The highest BCUT2D eigenvalue weighted by atomic mass is 127. The highest BCUT2D eigenvalue weighted by molar-refractivity contribution is 14.0. The Bertz CT molecular complexity index is 570. The highest BCUT2D eigenvalue weighted by Crippen LogP contribution is 2.11. The van der Waals surface area contributed by atoms with E-state index < -0.39 is 0 Å². The van der Waals surface area contributed by atoms with Gasteiger partial charge in [-0.25, -0.2) is 4.99 Å². The number of guanidine groups is 1. The highest BCUT2D eigenvalue weighted by Gasteiger charge is 2.06. The van der Waals surface area contributed by atoms with Gasteiger partial charge in [0.15, 0.2) is 5.96 Å². The van der Waals surface area contributed by atoms with Crippen LogP contribution in [0.3, 0.4) is 0 Å². The second-order valence-electron chi connectivity index (χ2n) is 4.82. The first-order valence-electron chi connectivity index (χ1n) is 6.97. The number of phenols is 1. The lowest BCUT2D eigenvalue weighted by Crippen LogP contribution is -2.38. The van der Waals surface area contributed by atoms with Crippen molar-refractivity contribution in [2.45, 2.75) is 20.0 Å². The maximum atomic E-state index is 9.29. The molecule has 0 amide bonds. The average Bonchev–Trinajstić information content (AvgIpc) is 2.98. The minimum atomic E-state index is 0. The lowest BCUT2D eigenvalue weighted by molar-refractivity contribution is 0.474. The number of rotatable bonds is 5. The molecule has 6 heteroatoms. The average molecular weight is 431 g/mol. The van der Waals surface area contributed by atoms with Gasteiger partial charge in [0.1, 0.15) is 5.75 Å². The Labute approximate surface area is 152 Å². The summed E-state index contributed by atoms with van der Waals surface area (Å²) in [4.78, 5) is 6.76. The number of phenolic OH excluding ortho intramolecular Hbond substituents is 1. The maximum absolute atomic E-state index is 9.29. The molecule has 0 atom stereocenters. The van der Waals surface area contributed by atoms with Crippen molar-refractivity contribution in [3.8, 4) is 5.75 Å². The summed E-state index contributed by atoms with van der Waals surface area (Å²) in [6.45, 7) is 4.33. The van der Waals surface area contributed by atoms with Gasteiger partial charge in [-0.05, 0) is 47.0 Å². The van der Waals surface area contributed by atoms with Crippen LogP contribution in [-0.4, -0.2) is 29.6 Å². The number of benzene rings is 1. The predicted molar refractivity (Wildman–Crippen MR) is 104 cm³/mol. The van der Waals surface area contributed by atoms with Gasteiger partial charge in [0.25, 0.3) is 0 Å². The second kappa shape index (κ2) is 9.68. The number of aliphatic imine (C=N–C) groups is 1. The zero-order valence-corrected chi connectivity index (χ0v) is 16.0. The van der Waals surface area contributed by atoms with Crippen LogP contribution in [0.4, 0.5) is 0 Å². The minimum Gasteiger partial charge on any atom is -0.508 e. The fourth-order valence-electron chi connectivity index (χ4n) is 1.97. The Morgan fingerprint density at radius 2 is 1.95 bits per heavy atom. The monoisotopic (exact) mass is 431 g/mol. The van der Waals surface area contributed by atoms with Gasteiger partial charge >= 0.3 is 0 Å². The molecule has 0 saturated carbocycles. The van der Waals surface area contributed by atoms with Gasteiger partial charge in [-0.15, -0.1) is 24.0 Å². The normalized spacial score (nSPS) is 10.9. The summed E-state index contributed by atoms with van der Waals surface area (Å²) in [5.74, 6) is 1.17. The summed E-state index contributed by atoms with van der Waals surface area (Å²) < 4.78 is 0. The molecule has 2 rings (SSSR count). The third kappa shape index (κ3) is 5.84. The van der Waals surface area contributed by atoms with Crippen molar-refractivity contribution in [3.63, 3.8) is 0 Å². The standard InChI is InChI=1S/C16H21N3OS.HI/c1-3-17-16(19(2)11-14-8-9-21-12-14)18-10-13-4-6-15(20)7-5-13;/h4-9,12,20H,3,10-11H2,1-2H3,(H,17,18);1H. The van der Waals surface area contributed by atoms with E-state index in [9.17, 15) is 5.11 Å². The van der Waals surface area contributed by atoms with Gasteiger partial charge in [0.2, 0.25) is 0 Å². The van der Waals surface area contributed by atoms with E-state index in [0.717, 1.165) is 24.6 Å². The van der Waals surface area contributed by atoms with Crippen molar-refractivity contribution in [1.82, 2.24) is 10.2 Å². The van der Waals surface area contributed by atoms with E-state index in [1.807, 2.05) is 19.2 Å². The SMILES string of the molecule is CCNC(=NCc1ccc(O)cc1)N(C)Cc1ccsc1.I. The van der Waals surface area contributed by atoms with Crippen LogP contribution in [0.25, 0.3) is 0 Å². The predicted octanol–water partition coefficient (Wildman–Crippen LogP) is 3.67. The molecule has 0 bridgehead atoms. The summed E-state index contributed by atoms with van der Waals surface area (Å²) in [6.07, 6.45) is 0. The summed E-state index contributed by atoms with van der Waals surface area (Å²) >= 11 is 1.71. The van der Waals surface area contributed by atoms with Crippen LogP contribution in [0, 0.1) is 0 Å². The fourth-order valence-corrected chi connectivity index (χ4v) is 2.63. The van der Waals surface area contributed by atoms with Crippen molar-refractivity contribution in [2.24, 2.45) is 4.99 Å². The maximum Gasteiger partial charge on any atom is 0.194 e. The third-order valence-electron chi connectivity index (χ3n) is 3.04. The van der Waals surface area contributed by atoms with Crippen molar-refractivity contribution in [1.29, 1.82) is 0 Å². The molecular formula is C16H22IN3OS. The molecule has 1 aromatic carbocycles. The van der Waals surface area contributed by atoms with E-state index in [1.54, 1.807) is 23.5 Å². The number of aromatic hydroxyl groups is 1. The summed E-state index contributed by atoms with van der Waals surface area (Å²) in [5, 5.41) is 16.8. The van der Waals surface area contributed by atoms with Gasteiger partial charge in [0, 0.05) is 20.1 Å². The molecule has 2 aromatic rings. The molecule has 0 unspecified atom stereocenters. The molecule has 0 radical (unpaired) electrons. The van der Waals surface area contributed by atoms with Crippen LogP contribution in [0.15, 0.2) is 46.1 Å². The molecule has 0 fully saturated rings. The number of hydrogen-bond acceptors (Lipinski definition) is 3. The Morgan fingerprint density at radius 3 is 2.55 bits per heavy atom. The van der Waals surface area contributed by atoms with E-state index in [1.165, 1.54) is 5.56 Å². The van der Waals surface area contributed by atoms with E-state index in [4.69, 9.17) is 0 Å². The van der Waals surface area contributed by atoms with Crippen molar-refractivity contribution >= 4 is 41.3 Å². The van der Waals surface area contributed by atoms with E-state index >= 15 is 0 Å². The van der Waals surface area contributed by atoms with Crippen LogP contribution in [0.1, 0.15) is 18.1 Å². The molecule has 2 N–H and O–H groups in total. The Balaban J connectivity index is 0.00000242. The Hall–Kier alpha value is -1.28. The zero-order chi connectivity index (χ0) is 15.1. The van der Waals surface area contributed by atoms with Crippen molar-refractivity contribution < 1.29 is 5.11 Å². The zero-order valence-electron chi connectivity index (χ0n) is 12.8. The first kappa shape index (κ1) is 18.8. The number of thiophene rings is 1. The molecular weight excluding hydrogens is 409 g/mol. The van der Waals surface area contributed by atoms with Gasteiger partial charge < -0.3 is 15.3 Å². The van der Waals surface area contributed by atoms with Crippen LogP contribution >= 0.6 is 35.3 Å². The molecule has 1 aromatic heterocycles. The smallest absolute Gasteiger partial charge is 0.194 e. The Kier molecular flexibility index (Phi) is 8.26. The van der Waals surface area contributed by atoms with Crippen LogP contribution in [-0.2, 0) is 13.1 Å². The number of hydrogen-bond donors (Lipinski definition) is 2. The third-order valence-corrected chi connectivity index (χ3v) is 3.78. The quantitative estimate of drug-likeness (QED) is 0.432. The molecule has 4 nitrogen and oxygen atoms in total. The fraction of sp³-hybridized carbons (Fsp3) is 0.312. The largest absolute Gasteiger partial charge is 0.508 e. The number of halogens is 1. The number of nitrogens with one attached hydrogen (secondary N) is 1. The molecule has 120 valence electrons. The van der Waals surface area contributed by atoms with Gasteiger partial charge in [-0.3, -0.25) is 0 Å². The lowest BCUT2D eigenvalue weighted by atomic mass is 10.2. The van der Waals surface area contributed by atoms with Gasteiger partial charge in [0.05, 0.1) is 6.54 Å². The van der Waals surface area contributed by atoms with E-state index in [0.29, 0.717) is 6.54 Å². The molecule has 0 spiro atoms. The molecule has 0 aliphatic carbocycles. The Morgan fingerprint density at radius 1 is 1.23 bits per heavy atom. The van der Waals surface area contributed by atoms with Crippen molar-refractivity contribution in [2.75, 3.05) is 13.6 Å². The second-order valence-corrected chi connectivity index (χ2v) is 5.60. The first-order chi connectivity index (χ1) is 10.2. The topological polar surface area (TPSA) is 47.9 Å². The van der Waals surface area contributed by atoms with E-state index in [-0.39, 0.29) is 29.7 Å². The first-order valence-corrected chi connectivity index (χ1v) is 7.91. The molecule has 22 heavy (non-hydrogen) atoms. The van der Waals surface area contributed by atoms with Crippen molar-refractivity contribution in [3.05, 3.63) is 52.2 Å². The van der Waals surface area contributed by atoms with Crippen LogP contribution in [0.2, 0.25) is 0 Å². The van der Waals surface area contributed by atoms with Crippen LogP contribution in [0.5, 0.6) is 5.75 Å². The van der Waals surface area contributed by atoms with Crippen LogP contribution < -0.4 is 5.32 Å². The summed E-state index contributed by atoms with van der Waals surface area (Å²) in [7, 11) is 2.04. The molecule has 0 aliphatic rings. The molecule has 1 heterocycles. The minimum absolute atomic E-state index is 0. The molecule has 0 aliphatic heterocycles. The molecule has 0 saturated heterocycles. The summed E-state index contributed by atoms with van der Waals surface area (Å²) in [6, 6.07) is 9.28. The number of nitrogens with zero attached hydrogens (tertiary/aromatic N) is 2.